The zero-order valence-corrected chi connectivity index (χ0v) is 22.9. The predicted octanol–water partition coefficient (Wildman–Crippen LogP) is 4.54. The van der Waals surface area contributed by atoms with Crippen molar-refractivity contribution >= 4 is 29.4 Å². The summed E-state index contributed by atoms with van der Waals surface area (Å²) in [7, 11) is 0. The molecule has 0 aliphatic carbocycles. The quantitative estimate of drug-likeness (QED) is 0.351. The summed E-state index contributed by atoms with van der Waals surface area (Å²) in [6.45, 7) is 5.81. The largest absolute Gasteiger partial charge is 0.490 e. The highest BCUT2D eigenvalue weighted by molar-refractivity contribution is 5.66. The molecule has 2 N–H and O–H groups in total. The molecule has 2 aliphatic rings. The van der Waals surface area contributed by atoms with Crippen LogP contribution >= 0.6 is 0 Å². The lowest BCUT2D eigenvalue weighted by Gasteiger charge is -2.34. The summed E-state index contributed by atoms with van der Waals surface area (Å²) < 4.78 is 12.1. The molecule has 2 saturated heterocycles. The molecule has 2 unspecified atom stereocenters. The van der Waals surface area contributed by atoms with Gasteiger partial charge in [-0.2, -0.15) is 4.98 Å². The second kappa shape index (κ2) is 13.3. The fourth-order valence-corrected chi connectivity index (χ4v) is 5.35. The first-order chi connectivity index (χ1) is 19.6. The Morgan fingerprint density at radius 1 is 1.02 bits per heavy atom. The Kier molecular flexibility index (Phi) is 9.10. The molecule has 2 aromatic heterocycles. The van der Waals surface area contributed by atoms with Gasteiger partial charge in [0.05, 0.1) is 25.5 Å². The minimum absolute atomic E-state index is 0.0117. The minimum Gasteiger partial charge on any atom is -0.490 e. The van der Waals surface area contributed by atoms with Crippen molar-refractivity contribution in [3.63, 3.8) is 0 Å². The van der Waals surface area contributed by atoms with Gasteiger partial charge in [-0.05, 0) is 63.1 Å². The number of carboxylic acid groups (broad SMARTS) is 1. The molecular weight excluding hydrogens is 510 g/mol. The van der Waals surface area contributed by atoms with Crippen LogP contribution in [0.25, 0.3) is 0 Å². The molecule has 0 spiro atoms. The number of anilines is 4. The SMILES string of the molecule is CCOc1ccccc1OC1CCCN(c2cncc(Nc3nccc(N4CCCC(CCC(=O)O)C4)n3)n2)C1. The highest BCUT2D eigenvalue weighted by atomic mass is 16.5. The summed E-state index contributed by atoms with van der Waals surface area (Å²) in [5.41, 5.74) is 0. The monoisotopic (exact) mass is 547 g/mol. The Bertz CT molecular complexity index is 1280. The van der Waals surface area contributed by atoms with Crippen molar-refractivity contribution in [1.29, 1.82) is 0 Å². The highest BCUT2D eigenvalue weighted by Gasteiger charge is 2.25. The molecule has 0 amide bonds. The van der Waals surface area contributed by atoms with Gasteiger partial charge in [0.25, 0.3) is 0 Å². The van der Waals surface area contributed by atoms with Crippen LogP contribution in [0.2, 0.25) is 0 Å². The first-order valence-electron chi connectivity index (χ1n) is 14.1. The van der Waals surface area contributed by atoms with Gasteiger partial charge >= 0.3 is 5.97 Å². The molecule has 40 heavy (non-hydrogen) atoms. The van der Waals surface area contributed by atoms with E-state index in [9.17, 15) is 4.79 Å². The summed E-state index contributed by atoms with van der Waals surface area (Å²) in [6.07, 6.45) is 10.1. The number of benzene rings is 1. The van der Waals surface area contributed by atoms with Crippen LogP contribution < -0.4 is 24.6 Å². The van der Waals surface area contributed by atoms with E-state index >= 15 is 0 Å². The van der Waals surface area contributed by atoms with Gasteiger partial charge in [0.2, 0.25) is 5.95 Å². The molecule has 0 saturated carbocycles. The number of carbonyl (C=O) groups is 1. The van der Waals surface area contributed by atoms with Crippen molar-refractivity contribution in [3.05, 3.63) is 48.9 Å². The lowest BCUT2D eigenvalue weighted by Crippen LogP contribution is -2.41. The van der Waals surface area contributed by atoms with E-state index < -0.39 is 5.97 Å². The van der Waals surface area contributed by atoms with E-state index in [1.807, 2.05) is 37.3 Å². The van der Waals surface area contributed by atoms with Crippen LogP contribution in [0.1, 0.15) is 45.4 Å². The summed E-state index contributed by atoms with van der Waals surface area (Å²) in [6, 6.07) is 9.68. The molecule has 2 fully saturated rings. The van der Waals surface area contributed by atoms with E-state index in [0.29, 0.717) is 37.3 Å². The van der Waals surface area contributed by atoms with Gasteiger partial charge in [-0.1, -0.05) is 12.1 Å². The van der Waals surface area contributed by atoms with Crippen molar-refractivity contribution in [2.75, 3.05) is 47.9 Å². The number of rotatable bonds is 11. The van der Waals surface area contributed by atoms with Crippen LogP contribution in [-0.4, -0.2) is 69.9 Å². The molecular formula is C29H37N7O4. The number of nitrogens with zero attached hydrogens (tertiary/aromatic N) is 6. The Balaban J connectivity index is 1.22. The normalized spacial score (nSPS) is 19.2. The zero-order valence-electron chi connectivity index (χ0n) is 22.9. The minimum atomic E-state index is -0.742. The van der Waals surface area contributed by atoms with Gasteiger partial charge in [-0.15, -0.1) is 0 Å². The molecule has 4 heterocycles. The van der Waals surface area contributed by atoms with Crippen LogP contribution in [-0.2, 0) is 4.79 Å². The molecule has 11 nitrogen and oxygen atoms in total. The van der Waals surface area contributed by atoms with Crippen molar-refractivity contribution in [2.24, 2.45) is 5.92 Å². The van der Waals surface area contributed by atoms with Crippen LogP contribution in [0.15, 0.2) is 48.9 Å². The Labute approximate surface area is 234 Å². The van der Waals surface area contributed by atoms with Gasteiger partial charge in [-0.3, -0.25) is 9.78 Å². The van der Waals surface area contributed by atoms with Crippen LogP contribution in [0.3, 0.4) is 0 Å². The standard InChI is InChI=1S/C29H37N7O4/c1-2-39-23-9-3-4-10-24(23)40-22-8-6-16-36(20-22)27-18-30-17-25(32-27)33-29-31-14-13-26(34-29)35-15-5-7-21(19-35)11-12-28(37)38/h3-4,9-10,13-14,17-18,21-22H,2,5-8,11-12,15-16,19-20H2,1H3,(H,37,38)(H,31,32,33,34). The third kappa shape index (κ3) is 7.28. The number of ether oxygens (including phenoxy) is 2. The molecule has 3 aromatic rings. The molecule has 2 atom stereocenters. The van der Waals surface area contributed by atoms with E-state index in [1.165, 1.54) is 0 Å². The summed E-state index contributed by atoms with van der Waals surface area (Å²) in [5.74, 6) is 3.74. The summed E-state index contributed by atoms with van der Waals surface area (Å²) in [4.78, 5) is 33.7. The fraction of sp³-hybridized carbons (Fsp3) is 0.483. The van der Waals surface area contributed by atoms with E-state index in [1.54, 1.807) is 18.6 Å². The van der Waals surface area contributed by atoms with E-state index in [0.717, 1.165) is 68.5 Å². The average Bonchev–Trinajstić information content (AvgIpc) is 2.98. The topological polar surface area (TPSA) is 126 Å². The van der Waals surface area contributed by atoms with Crippen molar-refractivity contribution in [2.45, 2.75) is 51.6 Å². The molecule has 5 rings (SSSR count). The van der Waals surface area contributed by atoms with Crippen LogP contribution in [0.4, 0.5) is 23.4 Å². The lowest BCUT2D eigenvalue weighted by atomic mass is 9.93. The zero-order chi connectivity index (χ0) is 27.7. The van der Waals surface area contributed by atoms with Crippen molar-refractivity contribution < 1.29 is 19.4 Å². The number of para-hydroxylation sites is 2. The maximum atomic E-state index is 11.0. The van der Waals surface area contributed by atoms with Crippen LogP contribution in [0.5, 0.6) is 11.5 Å². The van der Waals surface area contributed by atoms with Gasteiger partial charge in [0, 0.05) is 32.3 Å². The number of aliphatic carboxylic acids is 1. The predicted molar refractivity (Wildman–Crippen MR) is 153 cm³/mol. The number of nitrogens with one attached hydrogen (secondary N) is 1. The first kappa shape index (κ1) is 27.4. The smallest absolute Gasteiger partial charge is 0.303 e. The van der Waals surface area contributed by atoms with Crippen molar-refractivity contribution in [3.8, 4) is 11.5 Å². The van der Waals surface area contributed by atoms with Crippen molar-refractivity contribution in [1.82, 2.24) is 19.9 Å². The molecule has 11 heteroatoms. The van der Waals surface area contributed by atoms with Gasteiger partial charge in [0.15, 0.2) is 17.3 Å². The number of hydrogen-bond acceptors (Lipinski definition) is 10. The Morgan fingerprint density at radius 2 is 1.82 bits per heavy atom. The molecule has 2 aliphatic heterocycles. The highest BCUT2D eigenvalue weighted by Crippen LogP contribution is 2.30. The molecule has 1 aromatic carbocycles. The third-order valence-electron chi connectivity index (χ3n) is 7.26. The molecule has 0 bridgehead atoms. The Hall–Kier alpha value is -4.15. The maximum absolute atomic E-state index is 11.0. The average molecular weight is 548 g/mol. The lowest BCUT2D eigenvalue weighted by molar-refractivity contribution is -0.137. The van der Waals surface area contributed by atoms with Gasteiger partial charge < -0.3 is 29.7 Å². The van der Waals surface area contributed by atoms with E-state index in [2.05, 4.69) is 25.1 Å². The maximum Gasteiger partial charge on any atom is 0.303 e. The second-order valence-corrected chi connectivity index (χ2v) is 10.2. The number of hydrogen-bond donors (Lipinski definition) is 2. The van der Waals surface area contributed by atoms with Crippen LogP contribution in [0, 0.1) is 5.92 Å². The summed E-state index contributed by atoms with van der Waals surface area (Å²) >= 11 is 0. The summed E-state index contributed by atoms with van der Waals surface area (Å²) in [5, 5.41) is 12.3. The number of carboxylic acids is 1. The number of aromatic nitrogens is 4. The first-order valence-corrected chi connectivity index (χ1v) is 14.1. The van der Waals surface area contributed by atoms with E-state index in [4.69, 9.17) is 24.5 Å². The fourth-order valence-electron chi connectivity index (χ4n) is 5.35. The van der Waals surface area contributed by atoms with Gasteiger partial charge in [-0.25, -0.2) is 9.97 Å². The molecule has 212 valence electrons. The number of piperidine rings is 2. The third-order valence-corrected chi connectivity index (χ3v) is 7.26. The molecule has 0 radical (unpaired) electrons. The van der Waals surface area contributed by atoms with E-state index in [-0.39, 0.29) is 12.5 Å². The second-order valence-electron chi connectivity index (χ2n) is 10.2. The Morgan fingerprint density at radius 3 is 2.65 bits per heavy atom. The van der Waals surface area contributed by atoms with Gasteiger partial charge in [0.1, 0.15) is 17.7 Å².